The quantitative estimate of drug-likeness (QED) is 0.538. The van der Waals surface area contributed by atoms with Crippen LogP contribution in [-0.2, 0) is 0 Å². The lowest BCUT2D eigenvalue weighted by atomic mass is 10.0. The van der Waals surface area contributed by atoms with E-state index in [9.17, 15) is 0 Å². The molecule has 1 aliphatic rings. The third-order valence-corrected chi connectivity index (χ3v) is 5.32. The van der Waals surface area contributed by atoms with Crippen molar-refractivity contribution in [2.75, 3.05) is 5.75 Å². The van der Waals surface area contributed by atoms with E-state index in [2.05, 4.69) is 63.7 Å². The zero-order chi connectivity index (χ0) is 18.1. The Morgan fingerprint density at radius 2 is 1.48 bits per heavy atom. The maximum Gasteiger partial charge on any atom is 0.212 e. The van der Waals surface area contributed by atoms with Gasteiger partial charge in [0.25, 0.3) is 0 Å². The number of aromatic nitrogens is 4. The van der Waals surface area contributed by atoms with Crippen LogP contribution in [0.15, 0.2) is 89.3 Å². The van der Waals surface area contributed by atoms with Crippen molar-refractivity contribution in [1.29, 1.82) is 0 Å². The molecule has 3 heterocycles. The molecule has 0 N–H and O–H groups in total. The first-order valence-electron chi connectivity index (χ1n) is 8.62. The fourth-order valence-electron chi connectivity index (χ4n) is 3.01. The molecule has 4 aromatic rings. The summed E-state index contributed by atoms with van der Waals surface area (Å²) in [5, 5.41) is 14.1. The lowest BCUT2D eigenvalue weighted by molar-refractivity contribution is 0.761. The molecule has 0 amide bonds. The first-order valence-corrected chi connectivity index (χ1v) is 9.60. The van der Waals surface area contributed by atoms with Crippen molar-refractivity contribution in [1.82, 2.24) is 19.9 Å². The van der Waals surface area contributed by atoms with Crippen molar-refractivity contribution in [3.8, 4) is 22.6 Å². The van der Waals surface area contributed by atoms with Crippen LogP contribution in [0.5, 0.6) is 0 Å². The first-order chi connectivity index (χ1) is 13.4. The third kappa shape index (κ3) is 3.04. The molecule has 2 aromatic heterocycles. The minimum absolute atomic E-state index is 0.663. The first kappa shape index (κ1) is 16.0. The van der Waals surface area contributed by atoms with Gasteiger partial charge in [-0.15, -0.1) is 10.2 Å². The van der Waals surface area contributed by atoms with E-state index in [4.69, 9.17) is 5.10 Å². The van der Waals surface area contributed by atoms with Crippen LogP contribution >= 0.6 is 11.8 Å². The molecule has 0 atom stereocenters. The summed E-state index contributed by atoms with van der Waals surface area (Å²) >= 11 is 1.64. The Morgan fingerprint density at radius 3 is 2.26 bits per heavy atom. The van der Waals surface area contributed by atoms with Gasteiger partial charge in [0.1, 0.15) is 5.69 Å². The highest BCUT2D eigenvalue weighted by atomic mass is 32.2. The van der Waals surface area contributed by atoms with Gasteiger partial charge in [-0.05, 0) is 28.8 Å². The van der Waals surface area contributed by atoms with Gasteiger partial charge in [-0.2, -0.15) is 9.78 Å². The van der Waals surface area contributed by atoms with E-state index in [0.29, 0.717) is 5.82 Å². The Balaban J connectivity index is 1.50. The summed E-state index contributed by atoms with van der Waals surface area (Å²) in [6.07, 6.45) is 1.75. The Hall–Kier alpha value is -3.25. The fraction of sp³-hybridized carbons (Fsp3) is 0.0476. The average molecular weight is 369 g/mol. The molecule has 0 bridgehead atoms. The van der Waals surface area contributed by atoms with Gasteiger partial charge in [0.2, 0.25) is 11.0 Å². The van der Waals surface area contributed by atoms with E-state index in [1.165, 1.54) is 11.1 Å². The van der Waals surface area contributed by atoms with Gasteiger partial charge in [0.15, 0.2) is 0 Å². The van der Waals surface area contributed by atoms with Gasteiger partial charge in [-0.25, -0.2) is 0 Å². The van der Waals surface area contributed by atoms with Crippen LogP contribution in [0, 0.1) is 0 Å². The molecule has 27 heavy (non-hydrogen) atoms. The normalized spacial score (nSPS) is 13.1. The van der Waals surface area contributed by atoms with Gasteiger partial charge >= 0.3 is 0 Å². The van der Waals surface area contributed by atoms with Gasteiger partial charge in [0, 0.05) is 11.9 Å². The highest BCUT2D eigenvalue weighted by molar-refractivity contribution is 7.99. The van der Waals surface area contributed by atoms with Gasteiger partial charge in [-0.1, -0.05) is 72.4 Å². The summed E-state index contributed by atoms with van der Waals surface area (Å²) in [6, 6.07) is 24.6. The Bertz CT molecular complexity index is 1100. The SMILES string of the molecule is c1ccc(-c2ccc(C3=Nn4c(nnc4-c4ccccn4)SC3)cc2)cc1. The smallest absolute Gasteiger partial charge is 0.212 e. The minimum atomic E-state index is 0.663. The Morgan fingerprint density at radius 1 is 0.741 bits per heavy atom. The lowest BCUT2D eigenvalue weighted by Gasteiger charge is -2.14. The van der Waals surface area contributed by atoms with Crippen LogP contribution in [0.25, 0.3) is 22.6 Å². The molecule has 0 unspecified atom stereocenters. The number of thioether (sulfide) groups is 1. The molecule has 1 aliphatic heterocycles. The van der Waals surface area contributed by atoms with Crippen LogP contribution < -0.4 is 0 Å². The predicted octanol–water partition coefficient (Wildman–Crippen LogP) is 4.37. The topological polar surface area (TPSA) is 56.0 Å². The summed E-state index contributed by atoms with van der Waals surface area (Å²) in [7, 11) is 0. The second-order valence-electron chi connectivity index (χ2n) is 6.11. The predicted molar refractivity (Wildman–Crippen MR) is 108 cm³/mol. The lowest BCUT2D eigenvalue weighted by Crippen LogP contribution is -2.13. The Labute approximate surface area is 160 Å². The van der Waals surface area contributed by atoms with Crippen LogP contribution in [0.1, 0.15) is 5.56 Å². The molecule has 0 aliphatic carbocycles. The third-order valence-electron chi connectivity index (χ3n) is 4.39. The highest BCUT2D eigenvalue weighted by Gasteiger charge is 2.21. The molecule has 0 radical (unpaired) electrons. The number of nitrogens with zero attached hydrogens (tertiary/aromatic N) is 5. The molecule has 6 heteroatoms. The summed E-state index contributed by atoms with van der Waals surface area (Å²) in [4.78, 5) is 4.37. The van der Waals surface area contributed by atoms with E-state index < -0.39 is 0 Å². The van der Waals surface area contributed by atoms with Gasteiger partial charge in [-0.3, -0.25) is 4.98 Å². The van der Waals surface area contributed by atoms with Crippen molar-refractivity contribution < 1.29 is 0 Å². The summed E-state index contributed by atoms with van der Waals surface area (Å²) < 4.78 is 1.79. The zero-order valence-electron chi connectivity index (χ0n) is 14.4. The van der Waals surface area contributed by atoms with Crippen molar-refractivity contribution in [3.05, 3.63) is 84.6 Å². The maximum atomic E-state index is 4.80. The van der Waals surface area contributed by atoms with Crippen molar-refractivity contribution >= 4 is 17.5 Å². The van der Waals surface area contributed by atoms with E-state index in [1.807, 2.05) is 24.3 Å². The average Bonchev–Trinajstić information content (AvgIpc) is 3.18. The second-order valence-corrected chi connectivity index (χ2v) is 7.05. The molecule has 0 spiro atoms. The van der Waals surface area contributed by atoms with E-state index >= 15 is 0 Å². The molecule has 5 nitrogen and oxygen atoms in total. The van der Waals surface area contributed by atoms with Gasteiger partial charge < -0.3 is 0 Å². The van der Waals surface area contributed by atoms with Crippen molar-refractivity contribution in [3.63, 3.8) is 0 Å². The second kappa shape index (κ2) is 6.81. The number of rotatable bonds is 3. The van der Waals surface area contributed by atoms with Crippen LogP contribution in [-0.4, -0.2) is 31.3 Å². The number of benzene rings is 2. The molecular formula is C21H15N5S. The van der Waals surface area contributed by atoms with Crippen LogP contribution in [0.4, 0.5) is 0 Å². The molecule has 130 valence electrons. The minimum Gasteiger partial charge on any atom is -0.253 e. The number of hydrogen-bond acceptors (Lipinski definition) is 5. The molecule has 5 rings (SSSR count). The fourth-order valence-corrected chi connectivity index (χ4v) is 3.85. The van der Waals surface area contributed by atoms with E-state index in [-0.39, 0.29) is 0 Å². The summed E-state index contributed by atoms with van der Waals surface area (Å²) in [5.74, 6) is 1.43. The number of pyridine rings is 1. The maximum absolute atomic E-state index is 4.80. The van der Waals surface area contributed by atoms with Crippen molar-refractivity contribution in [2.45, 2.75) is 5.16 Å². The summed E-state index contributed by atoms with van der Waals surface area (Å²) in [5.41, 5.74) is 5.28. The molecular weight excluding hydrogens is 354 g/mol. The van der Waals surface area contributed by atoms with Crippen molar-refractivity contribution in [2.24, 2.45) is 5.10 Å². The van der Waals surface area contributed by atoms with Crippen LogP contribution in [0.2, 0.25) is 0 Å². The zero-order valence-corrected chi connectivity index (χ0v) is 15.2. The van der Waals surface area contributed by atoms with Crippen LogP contribution in [0.3, 0.4) is 0 Å². The largest absolute Gasteiger partial charge is 0.253 e. The molecule has 0 saturated carbocycles. The standard InChI is InChI=1S/C21H15N5S/c1-2-6-15(7-3-1)16-9-11-17(12-10-16)19-14-27-21-24-23-20(26(21)25-19)18-8-4-5-13-22-18/h1-13H,14H2. The monoisotopic (exact) mass is 369 g/mol. The van der Waals surface area contributed by atoms with E-state index in [1.54, 1.807) is 22.6 Å². The molecule has 2 aromatic carbocycles. The number of fused-ring (bicyclic) bond motifs is 1. The summed E-state index contributed by atoms with van der Waals surface area (Å²) in [6.45, 7) is 0. The Kier molecular flexibility index (Phi) is 4.03. The van der Waals surface area contributed by atoms with E-state index in [0.717, 1.165) is 27.9 Å². The molecule has 0 fully saturated rings. The molecule has 0 saturated heterocycles. The van der Waals surface area contributed by atoms with Gasteiger partial charge in [0.05, 0.1) is 5.71 Å². The number of hydrogen-bond donors (Lipinski definition) is 0. The highest BCUT2D eigenvalue weighted by Crippen LogP contribution is 2.28.